The minimum atomic E-state index is -0.934. The van der Waals surface area contributed by atoms with Crippen LogP contribution in [0, 0.1) is 5.92 Å². The van der Waals surface area contributed by atoms with Crippen LogP contribution < -0.4 is 0 Å². The molecule has 1 aromatic rings. The third-order valence-electron chi connectivity index (χ3n) is 4.27. The SMILES string of the molecule is CCOC(=O)C1=C[C@H]2C=C(C(=O)OC)[C@H](OC2=O)[C@@H]1c1ccccc1. The first-order chi connectivity index (χ1) is 12.1. The summed E-state index contributed by atoms with van der Waals surface area (Å²) in [6, 6.07) is 9.12. The fourth-order valence-corrected chi connectivity index (χ4v) is 3.17. The van der Waals surface area contributed by atoms with Gasteiger partial charge in [-0.1, -0.05) is 42.5 Å². The first kappa shape index (κ1) is 17.0. The van der Waals surface area contributed by atoms with Gasteiger partial charge in [-0.05, 0) is 12.5 Å². The Kier molecular flexibility index (Phi) is 4.70. The highest BCUT2D eigenvalue weighted by molar-refractivity contribution is 5.98. The average molecular weight is 342 g/mol. The number of esters is 3. The molecule has 2 heterocycles. The molecule has 0 fully saturated rings. The lowest BCUT2D eigenvalue weighted by molar-refractivity contribution is -0.153. The molecule has 0 radical (unpaired) electrons. The van der Waals surface area contributed by atoms with Crippen LogP contribution >= 0.6 is 0 Å². The molecule has 2 bridgehead atoms. The van der Waals surface area contributed by atoms with Crippen LogP contribution in [-0.2, 0) is 28.6 Å². The van der Waals surface area contributed by atoms with E-state index in [0.29, 0.717) is 5.57 Å². The zero-order valence-electron chi connectivity index (χ0n) is 13.9. The number of fused-ring (bicyclic) bond motifs is 2. The maximum atomic E-state index is 12.5. The molecule has 3 aliphatic rings. The lowest BCUT2D eigenvalue weighted by atomic mass is 9.84. The lowest BCUT2D eigenvalue weighted by Gasteiger charge is -2.29. The maximum Gasteiger partial charge on any atom is 0.337 e. The van der Waals surface area contributed by atoms with E-state index in [0.717, 1.165) is 5.56 Å². The van der Waals surface area contributed by atoms with E-state index in [1.807, 2.05) is 30.3 Å². The van der Waals surface area contributed by atoms with Gasteiger partial charge in [0.05, 0.1) is 31.1 Å². The van der Waals surface area contributed by atoms with Crippen molar-refractivity contribution in [3.63, 3.8) is 0 Å². The van der Waals surface area contributed by atoms with Crippen molar-refractivity contribution in [1.82, 2.24) is 0 Å². The van der Waals surface area contributed by atoms with Crippen molar-refractivity contribution in [2.45, 2.75) is 18.9 Å². The Hall–Kier alpha value is -2.89. The van der Waals surface area contributed by atoms with Gasteiger partial charge < -0.3 is 14.2 Å². The third kappa shape index (κ3) is 3.07. The number of ether oxygens (including phenoxy) is 3. The molecule has 6 heteroatoms. The standard InChI is InChI=1S/C19H18O6/c1-3-24-19(22)13-9-12-10-14(18(21)23-2)16(25-17(12)20)15(13)11-7-5-4-6-8-11/h4-10,12,15-16H,3H2,1-2H3/t12-,15+,16-/m0/s1. The summed E-state index contributed by atoms with van der Waals surface area (Å²) in [7, 11) is 1.26. The van der Waals surface area contributed by atoms with Crippen LogP contribution in [0.2, 0.25) is 0 Å². The molecule has 0 aromatic heterocycles. The summed E-state index contributed by atoms with van der Waals surface area (Å²) >= 11 is 0. The van der Waals surface area contributed by atoms with Gasteiger partial charge in [0.25, 0.3) is 0 Å². The molecule has 3 atom stereocenters. The molecule has 0 saturated heterocycles. The molecule has 0 spiro atoms. The Balaban J connectivity index is 2.14. The summed E-state index contributed by atoms with van der Waals surface area (Å²) in [4.78, 5) is 36.9. The molecule has 0 saturated carbocycles. The van der Waals surface area contributed by atoms with Crippen LogP contribution in [0.1, 0.15) is 18.4 Å². The summed E-state index contributed by atoms with van der Waals surface area (Å²) in [5.41, 5.74) is 1.29. The van der Waals surface area contributed by atoms with E-state index in [9.17, 15) is 14.4 Å². The number of carbonyl (C=O) groups excluding carboxylic acids is 3. The van der Waals surface area contributed by atoms with E-state index in [1.165, 1.54) is 19.3 Å². The van der Waals surface area contributed by atoms with Crippen molar-refractivity contribution in [1.29, 1.82) is 0 Å². The molecule has 0 N–H and O–H groups in total. The average Bonchev–Trinajstić information content (AvgIpc) is 2.88. The topological polar surface area (TPSA) is 78.9 Å². The molecule has 25 heavy (non-hydrogen) atoms. The molecule has 0 unspecified atom stereocenters. The second-order valence-corrected chi connectivity index (χ2v) is 5.73. The van der Waals surface area contributed by atoms with E-state index < -0.39 is 35.8 Å². The first-order valence-corrected chi connectivity index (χ1v) is 8.01. The van der Waals surface area contributed by atoms with Gasteiger partial charge in [-0.25, -0.2) is 9.59 Å². The molecular weight excluding hydrogens is 324 g/mol. The maximum absolute atomic E-state index is 12.5. The van der Waals surface area contributed by atoms with Gasteiger partial charge in [0.2, 0.25) is 0 Å². The van der Waals surface area contributed by atoms with Crippen LogP contribution in [0.25, 0.3) is 0 Å². The minimum Gasteiger partial charge on any atom is -0.466 e. The molecule has 4 rings (SSSR count). The summed E-state index contributed by atoms with van der Waals surface area (Å²) in [6.07, 6.45) is 2.09. The third-order valence-corrected chi connectivity index (χ3v) is 4.27. The zero-order chi connectivity index (χ0) is 18.0. The fraction of sp³-hybridized carbons (Fsp3) is 0.316. The summed E-state index contributed by atoms with van der Waals surface area (Å²) in [5.74, 6) is -3.07. The quantitative estimate of drug-likeness (QED) is 0.614. The molecule has 1 aliphatic carbocycles. The van der Waals surface area contributed by atoms with E-state index in [1.54, 1.807) is 6.92 Å². The van der Waals surface area contributed by atoms with Crippen LogP contribution in [-0.4, -0.2) is 37.7 Å². The van der Waals surface area contributed by atoms with Gasteiger partial charge in [-0.3, -0.25) is 4.79 Å². The second kappa shape index (κ2) is 6.93. The highest BCUT2D eigenvalue weighted by Gasteiger charge is 2.46. The number of benzene rings is 1. The fourth-order valence-electron chi connectivity index (χ4n) is 3.17. The van der Waals surface area contributed by atoms with Gasteiger partial charge in [0.1, 0.15) is 6.10 Å². The molecular formula is C19H18O6. The molecule has 6 nitrogen and oxygen atoms in total. The number of hydrogen-bond donors (Lipinski definition) is 0. The van der Waals surface area contributed by atoms with E-state index >= 15 is 0 Å². The van der Waals surface area contributed by atoms with Crippen LogP contribution in [0.5, 0.6) is 0 Å². The van der Waals surface area contributed by atoms with Gasteiger partial charge in [-0.2, -0.15) is 0 Å². The molecule has 1 aromatic carbocycles. The Labute approximate surface area is 145 Å². The van der Waals surface area contributed by atoms with E-state index in [2.05, 4.69) is 0 Å². The predicted molar refractivity (Wildman–Crippen MR) is 87.4 cm³/mol. The normalized spacial score (nSPS) is 24.6. The number of rotatable bonds is 4. The van der Waals surface area contributed by atoms with E-state index in [-0.39, 0.29) is 12.2 Å². The highest BCUT2D eigenvalue weighted by atomic mass is 16.6. The number of carbonyl (C=O) groups is 3. The highest BCUT2D eigenvalue weighted by Crippen LogP contribution is 2.41. The van der Waals surface area contributed by atoms with Gasteiger partial charge in [-0.15, -0.1) is 0 Å². The lowest BCUT2D eigenvalue weighted by Crippen LogP contribution is -2.36. The Bertz CT molecular complexity index is 761. The van der Waals surface area contributed by atoms with Crippen molar-refractivity contribution in [3.05, 3.63) is 59.2 Å². The van der Waals surface area contributed by atoms with E-state index in [4.69, 9.17) is 14.2 Å². The Morgan fingerprint density at radius 2 is 1.76 bits per heavy atom. The van der Waals surface area contributed by atoms with Crippen molar-refractivity contribution in [3.8, 4) is 0 Å². The Morgan fingerprint density at radius 3 is 2.40 bits per heavy atom. The largest absolute Gasteiger partial charge is 0.466 e. The van der Waals surface area contributed by atoms with Crippen molar-refractivity contribution >= 4 is 17.9 Å². The molecule has 0 amide bonds. The summed E-state index contributed by atoms with van der Waals surface area (Å²) < 4.78 is 15.5. The predicted octanol–water partition coefficient (Wildman–Crippen LogP) is 1.91. The van der Waals surface area contributed by atoms with Gasteiger partial charge in [0.15, 0.2) is 0 Å². The Morgan fingerprint density at radius 1 is 1.08 bits per heavy atom. The number of hydrogen-bond acceptors (Lipinski definition) is 6. The summed E-state index contributed by atoms with van der Waals surface area (Å²) in [6.45, 7) is 1.92. The van der Waals surface area contributed by atoms with Gasteiger partial charge >= 0.3 is 17.9 Å². The second-order valence-electron chi connectivity index (χ2n) is 5.73. The first-order valence-electron chi connectivity index (χ1n) is 8.01. The van der Waals surface area contributed by atoms with Crippen molar-refractivity contribution in [2.24, 2.45) is 5.92 Å². The van der Waals surface area contributed by atoms with Gasteiger partial charge in [0, 0.05) is 5.57 Å². The molecule has 130 valence electrons. The molecule has 2 aliphatic heterocycles. The van der Waals surface area contributed by atoms with Crippen molar-refractivity contribution < 1.29 is 28.6 Å². The monoisotopic (exact) mass is 342 g/mol. The number of methoxy groups -OCH3 is 1. The smallest absolute Gasteiger partial charge is 0.337 e. The van der Waals surface area contributed by atoms with Crippen LogP contribution in [0.3, 0.4) is 0 Å². The van der Waals surface area contributed by atoms with Crippen LogP contribution in [0.4, 0.5) is 0 Å². The summed E-state index contributed by atoms with van der Waals surface area (Å²) in [5, 5.41) is 0. The zero-order valence-corrected chi connectivity index (χ0v) is 13.9. The minimum absolute atomic E-state index is 0.207. The van der Waals surface area contributed by atoms with Crippen LogP contribution in [0.15, 0.2) is 53.6 Å². The van der Waals surface area contributed by atoms with Crippen molar-refractivity contribution in [2.75, 3.05) is 13.7 Å².